The lowest BCUT2D eigenvalue weighted by Crippen LogP contribution is -2.38. The van der Waals surface area contributed by atoms with Crippen molar-refractivity contribution >= 4 is 24.2 Å². The largest absolute Gasteiger partial charge is 0.350 e. The zero-order valence-corrected chi connectivity index (χ0v) is 16.0. The molecule has 0 aromatic heterocycles. The van der Waals surface area contributed by atoms with E-state index in [1.807, 2.05) is 4.90 Å². The molecule has 6 heteroatoms. The second kappa shape index (κ2) is 10.4. The summed E-state index contributed by atoms with van der Waals surface area (Å²) < 4.78 is 0. The van der Waals surface area contributed by atoms with Crippen molar-refractivity contribution in [3.05, 3.63) is 35.4 Å². The van der Waals surface area contributed by atoms with Crippen LogP contribution in [0.25, 0.3) is 0 Å². The molecule has 1 aliphatic carbocycles. The Morgan fingerprint density at radius 1 is 1.20 bits per heavy atom. The van der Waals surface area contributed by atoms with Gasteiger partial charge in [-0.3, -0.25) is 9.59 Å². The van der Waals surface area contributed by atoms with Crippen LogP contribution in [0.1, 0.15) is 60.2 Å². The van der Waals surface area contributed by atoms with Gasteiger partial charge in [0.25, 0.3) is 11.8 Å². The predicted molar refractivity (Wildman–Crippen MR) is 103 cm³/mol. The smallest absolute Gasteiger partial charge is 0.253 e. The van der Waals surface area contributed by atoms with E-state index in [1.54, 1.807) is 24.3 Å². The number of nitrogens with zero attached hydrogens (tertiary/aromatic N) is 1. The van der Waals surface area contributed by atoms with Crippen molar-refractivity contribution < 1.29 is 9.59 Å². The van der Waals surface area contributed by atoms with Gasteiger partial charge in [0.2, 0.25) is 0 Å². The topological polar surface area (TPSA) is 75.4 Å². The van der Waals surface area contributed by atoms with Crippen LogP contribution in [0.4, 0.5) is 0 Å². The van der Waals surface area contributed by atoms with Gasteiger partial charge in [0, 0.05) is 36.8 Å². The predicted octanol–water partition coefficient (Wildman–Crippen LogP) is 2.84. The summed E-state index contributed by atoms with van der Waals surface area (Å²) in [6.45, 7) is 6.07. The van der Waals surface area contributed by atoms with Gasteiger partial charge >= 0.3 is 0 Å². The van der Waals surface area contributed by atoms with Crippen LogP contribution in [0.5, 0.6) is 0 Å². The molecule has 1 unspecified atom stereocenters. The SMILES string of the molecule is CCCN(CCC)C(=O)c1cccc(C(=O)NCC(N)C2CC2)c1.Cl. The molecule has 1 atom stereocenters. The quantitative estimate of drug-likeness (QED) is 0.704. The van der Waals surface area contributed by atoms with E-state index in [2.05, 4.69) is 19.2 Å². The summed E-state index contributed by atoms with van der Waals surface area (Å²) in [5, 5.41) is 2.88. The first-order valence-corrected chi connectivity index (χ1v) is 8.99. The Kier molecular flexibility index (Phi) is 8.93. The van der Waals surface area contributed by atoms with Gasteiger partial charge in [0.15, 0.2) is 0 Å². The fourth-order valence-electron chi connectivity index (χ4n) is 2.83. The summed E-state index contributed by atoms with van der Waals surface area (Å²) in [5.74, 6) is 0.371. The summed E-state index contributed by atoms with van der Waals surface area (Å²) in [7, 11) is 0. The Morgan fingerprint density at radius 2 is 1.80 bits per heavy atom. The number of hydrogen-bond acceptors (Lipinski definition) is 3. The van der Waals surface area contributed by atoms with Crippen molar-refractivity contribution in [2.24, 2.45) is 11.7 Å². The molecule has 3 N–H and O–H groups in total. The van der Waals surface area contributed by atoms with Gasteiger partial charge < -0.3 is 16.0 Å². The van der Waals surface area contributed by atoms with Gasteiger partial charge in [-0.2, -0.15) is 0 Å². The Bertz CT molecular complexity index is 570. The van der Waals surface area contributed by atoms with Crippen molar-refractivity contribution in [1.82, 2.24) is 10.2 Å². The van der Waals surface area contributed by atoms with Gasteiger partial charge in [-0.1, -0.05) is 19.9 Å². The molecule has 140 valence electrons. The van der Waals surface area contributed by atoms with Gasteiger partial charge in [-0.05, 0) is 49.8 Å². The summed E-state index contributed by atoms with van der Waals surface area (Å²) in [4.78, 5) is 26.8. The number of nitrogens with one attached hydrogen (secondary N) is 1. The molecule has 1 aliphatic rings. The summed E-state index contributed by atoms with van der Waals surface area (Å²) in [5.41, 5.74) is 7.09. The Morgan fingerprint density at radius 3 is 2.36 bits per heavy atom. The third kappa shape index (κ3) is 6.33. The first-order valence-electron chi connectivity index (χ1n) is 8.99. The third-order valence-electron chi connectivity index (χ3n) is 4.37. The fourth-order valence-corrected chi connectivity index (χ4v) is 2.83. The van der Waals surface area contributed by atoms with Crippen molar-refractivity contribution in [1.29, 1.82) is 0 Å². The number of hydrogen-bond donors (Lipinski definition) is 2. The number of benzene rings is 1. The monoisotopic (exact) mass is 367 g/mol. The van der Waals surface area contributed by atoms with Crippen LogP contribution in [0.2, 0.25) is 0 Å². The first kappa shape index (κ1) is 21.5. The lowest BCUT2D eigenvalue weighted by Gasteiger charge is -2.21. The number of carbonyl (C=O) groups is 2. The van der Waals surface area contributed by atoms with Gasteiger partial charge in [-0.25, -0.2) is 0 Å². The molecule has 1 saturated carbocycles. The molecule has 0 spiro atoms. The molecule has 1 aromatic rings. The van der Waals surface area contributed by atoms with E-state index in [-0.39, 0.29) is 30.3 Å². The maximum atomic E-state index is 12.6. The van der Waals surface area contributed by atoms with Crippen molar-refractivity contribution in [2.45, 2.75) is 45.6 Å². The number of halogens is 1. The van der Waals surface area contributed by atoms with Crippen LogP contribution in [0.3, 0.4) is 0 Å². The van der Waals surface area contributed by atoms with Gasteiger partial charge in [-0.15, -0.1) is 12.4 Å². The molecule has 0 aliphatic heterocycles. The van der Waals surface area contributed by atoms with Crippen molar-refractivity contribution in [3.63, 3.8) is 0 Å². The van der Waals surface area contributed by atoms with Crippen LogP contribution in [-0.2, 0) is 0 Å². The average molecular weight is 368 g/mol. The molecular formula is C19H30ClN3O2. The second-order valence-electron chi connectivity index (χ2n) is 6.58. The highest BCUT2D eigenvalue weighted by atomic mass is 35.5. The fraction of sp³-hybridized carbons (Fsp3) is 0.579. The Hall–Kier alpha value is -1.59. The number of amides is 2. The summed E-state index contributed by atoms with van der Waals surface area (Å²) >= 11 is 0. The maximum Gasteiger partial charge on any atom is 0.253 e. The molecule has 2 rings (SSSR count). The molecule has 1 fully saturated rings. The van der Waals surface area contributed by atoms with E-state index in [0.29, 0.717) is 23.6 Å². The Labute approximate surface area is 156 Å². The molecule has 0 bridgehead atoms. The minimum absolute atomic E-state index is 0. The highest BCUT2D eigenvalue weighted by Gasteiger charge is 2.28. The van der Waals surface area contributed by atoms with E-state index in [1.165, 1.54) is 0 Å². The average Bonchev–Trinajstić information content (AvgIpc) is 3.43. The minimum atomic E-state index is -0.168. The lowest BCUT2D eigenvalue weighted by atomic mass is 10.1. The molecule has 25 heavy (non-hydrogen) atoms. The zero-order valence-electron chi connectivity index (χ0n) is 15.2. The second-order valence-corrected chi connectivity index (χ2v) is 6.58. The summed E-state index contributed by atoms with van der Waals surface area (Å²) in [6, 6.07) is 6.98. The van der Waals surface area contributed by atoms with Gasteiger partial charge in [0.05, 0.1) is 0 Å². The van der Waals surface area contributed by atoms with Crippen molar-refractivity contribution in [3.8, 4) is 0 Å². The normalized spacial score (nSPS) is 14.4. The molecule has 0 saturated heterocycles. The van der Waals surface area contributed by atoms with Gasteiger partial charge in [0.1, 0.15) is 0 Å². The Balaban J connectivity index is 0.00000312. The van der Waals surface area contributed by atoms with E-state index < -0.39 is 0 Å². The van der Waals surface area contributed by atoms with Crippen LogP contribution in [-0.4, -0.2) is 42.4 Å². The molecule has 0 heterocycles. The highest BCUT2D eigenvalue weighted by molar-refractivity contribution is 5.99. The maximum absolute atomic E-state index is 12.6. The molecule has 2 amide bonds. The minimum Gasteiger partial charge on any atom is -0.350 e. The van der Waals surface area contributed by atoms with Crippen LogP contribution in [0.15, 0.2) is 24.3 Å². The van der Waals surface area contributed by atoms with Crippen LogP contribution >= 0.6 is 12.4 Å². The molecule has 1 aromatic carbocycles. The number of nitrogens with two attached hydrogens (primary N) is 1. The zero-order chi connectivity index (χ0) is 17.5. The number of carbonyl (C=O) groups excluding carboxylic acids is 2. The van der Waals surface area contributed by atoms with E-state index in [9.17, 15) is 9.59 Å². The van der Waals surface area contributed by atoms with E-state index in [0.717, 1.165) is 38.8 Å². The highest BCUT2D eigenvalue weighted by Crippen LogP contribution is 2.31. The van der Waals surface area contributed by atoms with Crippen molar-refractivity contribution in [2.75, 3.05) is 19.6 Å². The molecule has 0 radical (unpaired) electrons. The van der Waals surface area contributed by atoms with E-state index in [4.69, 9.17) is 5.73 Å². The third-order valence-corrected chi connectivity index (χ3v) is 4.37. The van der Waals surface area contributed by atoms with Crippen LogP contribution in [0, 0.1) is 5.92 Å². The number of rotatable bonds is 9. The summed E-state index contributed by atoms with van der Waals surface area (Å²) in [6.07, 6.45) is 4.16. The standard InChI is InChI=1S/C19H29N3O2.ClH/c1-3-10-22(11-4-2)19(24)16-7-5-6-15(12-16)18(23)21-13-17(20)14-8-9-14;/h5-7,12,14,17H,3-4,8-11,13,20H2,1-2H3,(H,21,23);1H. The molecular weight excluding hydrogens is 338 g/mol. The van der Waals surface area contributed by atoms with E-state index >= 15 is 0 Å². The first-order chi connectivity index (χ1) is 11.6. The molecule has 5 nitrogen and oxygen atoms in total. The van der Waals surface area contributed by atoms with Crippen LogP contribution < -0.4 is 11.1 Å². The lowest BCUT2D eigenvalue weighted by molar-refractivity contribution is 0.0755.